The molecule has 2 N–H and O–H groups in total. The van der Waals surface area contributed by atoms with Gasteiger partial charge in [-0.05, 0) is 68.6 Å². The van der Waals surface area contributed by atoms with E-state index in [1.54, 1.807) is 0 Å². The third kappa shape index (κ3) is 1.74. The second kappa shape index (κ2) is 4.47. The fourth-order valence-electron chi connectivity index (χ4n) is 7.81. The lowest BCUT2D eigenvalue weighted by Crippen LogP contribution is -2.53. The fraction of sp³-hybridized carbons (Fsp3) is 0.905. The molecule has 1 heterocycles. The van der Waals surface area contributed by atoms with E-state index < -0.39 is 5.79 Å². The van der Waals surface area contributed by atoms with Gasteiger partial charge in [-0.1, -0.05) is 25.5 Å². The van der Waals surface area contributed by atoms with Gasteiger partial charge in [-0.3, -0.25) is 0 Å². The Morgan fingerprint density at radius 1 is 1.04 bits per heavy atom. The van der Waals surface area contributed by atoms with Crippen molar-refractivity contribution in [1.82, 2.24) is 0 Å². The van der Waals surface area contributed by atoms with Gasteiger partial charge in [0.2, 0.25) is 0 Å². The van der Waals surface area contributed by atoms with Crippen LogP contribution in [0.3, 0.4) is 0 Å². The zero-order chi connectivity index (χ0) is 17.0. The Bertz CT molecular complexity index is 610. The molecule has 0 bridgehead atoms. The molecule has 1 saturated heterocycles. The Morgan fingerprint density at radius 2 is 1.75 bits per heavy atom. The summed E-state index contributed by atoms with van der Waals surface area (Å²) >= 11 is 0. The van der Waals surface area contributed by atoms with Crippen LogP contribution >= 0.6 is 0 Å². The smallest absolute Gasteiger partial charge is 0.166 e. The molecular formula is C21H32O3. The Morgan fingerprint density at radius 3 is 2.46 bits per heavy atom. The van der Waals surface area contributed by atoms with Gasteiger partial charge in [0.15, 0.2) is 5.79 Å². The summed E-state index contributed by atoms with van der Waals surface area (Å²) in [5.74, 6) is 0.788. The minimum atomic E-state index is -1.48. The molecule has 5 rings (SSSR count). The van der Waals surface area contributed by atoms with Gasteiger partial charge >= 0.3 is 0 Å². The molecule has 0 aromatic rings. The predicted molar refractivity (Wildman–Crippen MR) is 92.1 cm³/mol. The molecule has 0 radical (unpaired) electrons. The van der Waals surface area contributed by atoms with Gasteiger partial charge < -0.3 is 14.9 Å². The summed E-state index contributed by atoms with van der Waals surface area (Å²) < 4.78 is 6.20. The molecule has 5 aliphatic rings. The molecule has 3 saturated carbocycles. The van der Waals surface area contributed by atoms with E-state index in [1.165, 1.54) is 31.3 Å². The average Bonchev–Trinajstić information content (AvgIpc) is 3.08. The van der Waals surface area contributed by atoms with E-state index in [-0.39, 0.29) is 11.0 Å². The Balaban J connectivity index is 1.49. The van der Waals surface area contributed by atoms with E-state index in [1.807, 2.05) is 0 Å². The van der Waals surface area contributed by atoms with Crippen molar-refractivity contribution < 1.29 is 14.9 Å². The summed E-state index contributed by atoms with van der Waals surface area (Å²) in [6.07, 6.45) is 11.0. The molecule has 0 aromatic carbocycles. The van der Waals surface area contributed by atoms with Crippen molar-refractivity contribution in [2.24, 2.45) is 28.6 Å². The van der Waals surface area contributed by atoms with Gasteiger partial charge in [0.1, 0.15) is 5.60 Å². The second-order valence-corrected chi connectivity index (χ2v) is 10.1. The Labute approximate surface area is 145 Å². The van der Waals surface area contributed by atoms with Gasteiger partial charge in [0.25, 0.3) is 0 Å². The van der Waals surface area contributed by atoms with E-state index in [0.29, 0.717) is 24.4 Å². The highest BCUT2D eigenvalue weighted by molar-refractivity contribution is 5.28. The topological polar surface area (TPSA) is 53.0 Å². The molecule has 24 heavy (non-hydrogen) atoms. The lowest BCUT2D eigenvalue weighted by molar-refractivity contribution is -0.188. The van der Waals surface area contributed by atoms with Crippen LogP contribution in [0.5, 0.6) is 0 Å². The van der Waals surface area contributed by atoms with Crippen LogP contribution in [0.25, 0.3) is 0 Å². The van der Waals surface area contributed by atoms with Gasteiger partial charge in [0.05, 0.1) is 6.10 Å². The van der Waals surface area contributed by atoms with Gasteiger partial charge in [-0.15, -0.1) is 0 Å². The van der Waals surface area contributed by atoms with E-state index in [0.717, 1.165) is 30.6 Å². The van der Waals surface area contributed by atoms with Crippen molar-refractivity contribution in [3.8, 4) is 0 Å². The summed E-state index contributed by atoms with van der Waals surface area (Å²) in [6.45, 7) is 7.19. The molecule has 4 aliphatic carbocycles. The first kappa shape index (κ1) is 15.8. The minimum absolute atomic E-state index is 0.186. The van der Waals surface area contributed by atoms with E-state index in [2.05, 4.69) is 26.8 Å². The van der Waals surface area contributed by atoms with Crippen LogP contribution < -0.4 is 0 Å². The number of aliphatic hydroxyl groups is 2. The number of fused-ring (bicyclic) bond motifs is 6. The van der Waals surface area contributed by atoms with Crippen LogP contribution in [-0.2, 0) is 4.74 Å². The normalized spacial score (nSPS) is 57.8. The predicted octanol–water partition coefficient (Wildman–Crippen LogP) is 3.79. The van der Waals surface area contributed by atoms with Crippen molar-refractivity contribution in [1.29, 1.82) is 0 Å². The fourth-order valence-corrected chi connectivity index (χ4v) is 7.81. The average molecular weight is 332 g/mol. The van der Waals surface area contributed by atoms with Crippen LogP contribution in [0.4, 0.5) is 0 Å². The Hall–Kier alpha value is -0.380. The first-order valence-electron chi connectivity index (χ1n) is 10.0. The van der Waals surface area contributed by atoms with Crippen molar-refractivity contribution in [2.75, 3.05) is 0 Å². The molecule has 1 unspecified atom stereocenters. The number of epoxide rings is 1. The highest BCUT2D eigenvalue weighted by Gasteiger charge is 2.73. The van der Waals surface area contributed by atoms with Gasteiger partial charge in [-0.25, -0.2) is 0 Å². The summed E-state index contributed by atoms with van der Waals surface area (Å²) in [5.41, 5.74) is 2.06. The first-order chi connectivity index (χ1) is 11.2. The van der Waals surface area contributed by atoms with E-state index >= 15 is 0 Å². The molecule has 1 spiro atoms. The van der Waals surface area contributed by atoms with Crippen LogP contribution in [0.2, 0.25) is 0 Å². The van der Waals surface area contributed by atoms with Crippen molar-refractivity contribution in [2.45, 2.75) is 89.6 Å². The summed E-state index contributed by atoms with van der Waals surface area (Å²) in [5, 5.41) is 20.2. The summed E-state index contributed by atoms with van der Waals surface area (Å²) in [6, 6.07) is 0. The molecule has 4 fully saturated rings. The molecule has 3 nitrogen and oxygen atoms in total. The van der Waals surface area contributed by atoms with Crippen LogP contribution in [0.1, 0.15) is 72.1 Å². The molecule has 7 atom stereocenters. The largest absolute Gasteiger partial charge is 0.366 e. The highest BCUT2D eigenvalue weighted by Crippen LogP contribution is 2.72. The quantitative estimate of drug-likeness (QED) is 0.403. The number of hydrogen-bond acceptors (Lipinski definition) is 3. The van der Waals surface area contributed by atoms with Crippen LogP contribution in [-0.4, -0.2) is 27.7 Å². The number of rotatable bonds is 0. The summed E-state index contributed by atoms with van der Waals surface area (Å²) in [7, 11) is 0. The maximum absolute atomic E-state index is 10.1. The van der Waals surface area contributed by atoms with Gasteiger partial charge in [-0.2, -0.15) is 0 Å². The maximum atomic E-state index is 10.1. The Kier molecular flexibility index (Phi) is 2.95. The highest BCUT2D eigenvalue weighted by atomic mass is 16.6. The molecule has 134 valence electrons. The third-order valence-corrected chi connectivity index (χ3v) is 9.31. The minimum Gasteiger partial charge on any atom is -0.366 e. The summed E-state index contributed by atoms with van der Waals surface area (Å²) in [4.78, 5) is 0. The lowest BCUT2D eigenvalue weighted by atomic mass is 9.47. The molecule has 3 heteroatoms. The lowest BCUT2D eigenvalue weighted by Gasteiger charge is -2.58. The van der Waals surface area contributed by atoms with Crippen molar-refractivity contribution >= 4 is 0 Å². The van der Waals surface area contributed by atoms with Crippen molar-refractivity contribution in [3.63, 3.8) is 0 Å². The van der Waals surface area contributed by atoms with E-state index in [4.69, 9.17) is 4.74 Å². The molecule has 0 aromatic heterocycles. The third-order valence-electron chi connectivity index (χ3n) is 9.31. The van der Waals surface area contributed by atoms with E-state index in [9.17, 15) is 10.2 Å². The number of hydrogen-bond donors (Lipinski definition) is 2. The first-order valence-corrected chi connectivity index (χ1v) is 10.0. The van der Waals surface area contributed by atoms with Crippen LogP contribution in [0.15, 0.2) is 11.6 Å². The second-order valence-electron chi connectivity index (χ2n) is 10.1. The van der Waals surface area contributed by atoms with Gasteiger partial charge in [0, 0.05) is 18.3 Å². The molecule has 0 amide bonds. The zero-order valence-electron chi connectivity index (χ0n) is 15.3. The maximum Gasteiger partial charge on any atom is 0.166 e. The number of ether oxygens (including phenoxy) is 1. The van der Waals surface area contributed by atoms with Crippen molar-refractivity contribution in [3.05, 3.63) is 11.6 Å². The monoisotopic (exact) mass is 332 g/mol. The molecular weight excluding hydrogens is 300 g/mol. The van der Waals surface area contributed by atoms with Crippen LogP contribution in [0, 0.1) is 28.6 Å². The SMILES string of the molecule is CC1O[C@@]12CC[C@H]1[C@@H]3CC=C4CC(O)(O)CC[C@]4(C)[C@H]3CC[C@@]12C. The molecule has 1 aliphatic heterocycles. The zero-order valence-corrected chi connectivity index (χ0v) is 15.3. The number of allylic oxidation sites excluding steroid dienone is 1. The standard InChI is InChI=1S/C21H32O3/c1-13-21(24-13)9-7-17-15-5-4-14-12-20(22,23)11-10-18(14,2)16(15)6-8-19(17,21)3/h4,13,15-17,22-23H,5-12H2,1-3H3/t13?,15-,16+,17+,18+,19+,21+/m1/s1.